The molecule has 0 saturated carbocycles. The first-order valence-electron chi connectivity index (χ1n) is 5.59. The van der Waals surface area contributed by atoms with E-state index in [-0.39, 0.29) is 6.10 Å². The number of rotatable bonds is 3. The maximum Gasteiger partial charge on any atom is 0.159 e. The zero-order chi connectivity index (χ0) is 13.3. The van der Waals surface area contributed by atoms with E-state index in [1.807, 2.05) is 20.9 Å². The number of hydrogen-bond donors (Lipinski definition) is 0. The molecule has 0 bridgehead atoms. The Bertz CT molecular complexity index is 567. The number of halogens is 1. The number of hydrogen-bond acceptors (Lipinski definition) is 4. The maximum atomic E-state index is 6.03. The molecule has 0 aliphatic rings. The van der Waals surface area contributed by atoms with Crippen molar-refractivity contribution in [3.8, 4) is 11.3 Å². The van der Waals surface area contributed by atoms with Crippen LogP contribution in [-0.2, 0) is 11.8 Å². The Kier molecular flexibility index (Phi) is 3.63. The van der Waals surface area contributed by atoms with Gasteiger partial charge in [0.25, 0.3) is 0 Å². The third-order valence-corrected chi connectivity index (χ3v) is 3.13. The number of aryl methyl sites for hydroxylation is 1. The first-order valence-corrected chi connectivity index (χ1v) is 5.97. The van der Waals surface area contributed by atoms with Gasteiger partial charge in [0.15, 0.2) is 5.82 Å². The van der Waals surface area contributed by atoms with Crippen LogP contribution in [0.1, 0.15) is 24.5 Å². The van der Waals surface area contributed by atoms with Crippen LogP contribution in [0.15, 0.2) is 12.3 Å². The van der Waals surface area contributed by atoms with Gasteiger partial charge in [-0.2, -0.15) is 5.10 Å². The van der Waals surface area contributed by atoms with Gasteiger partial charge in [0.05, 0.1) is 11.9 Å². The lowest BCUT2D eigenvalue weighted by Gasteiger charge is -2.10. The van der Waals surface area contributed by atoms with E-state index in [0.717, 1.165) is 17.0 Å². The predicted molar refractivity (Wildman–Crippen MR) is 69.4 cm³/mol. The third-order valence-electron chi connectivity index (χ3n) is 2.94. The molecule has 2 heterocycles. The smallest absolute Gasteiger partial charge is 0.159 e. The Morgan fingerprint density at radius 1 is 1.39 bits per heavy atom. The Labute approximate surface area is 111 Å². The van der Waals surface area contributed by atoms with E-state index in [9.17, 15) is 0 Å². The molecule has 0 aromatic carbocycles. The Morgan fingerprint density at radius 2 is 2.11 bits per heavy atom. The van der Waals surface area contributed by atoms with Gasteiger partial charge in [-0.3, -0.25) is 4.68 Å². The fraction of sp³-hybridized carbons (Fsp3) is 0.417. The summed E-state index contributed by atoms with van der Waals surface area (Å²) in [5.41, 5.74) is 2.74. The van der Waals surface area contributed by atoms with Crippen molar-refractivity contribution in [2.45, 2.75) is 20.0 Å². The second-order valence-corrected chi connectivity index (χ2v) is 4.47. The van der Waals surface area contributed by atoms with Crippen molar-refractivity contribution in [2.24, 2.45) is 7.05 Å². The predicted octanol–water partition coefficient (Wildman–Crippen LogP) is 2.55. The molecule has 2 aromatic heterocycles. The summed E-state index contributed by atoms with van der Waals surface area (Å²) in [7, 11) is 3.50. The molecule has 0 fully saturated rings. The molecule has 2 rings (SSSR count). The van der Waals surface area contributed by atoms with Crippen molar-refractivity contribution in [3.63, 3.8) is 0 Å². The molecule has 0 radical (unpaired) electrons. The van der Waals surface area contributed by atoms with Gasteiger partial charge in [0, 0.05) is 31.5 Å². The minimum atomic E-state index is -0.195. The van der Waals surface area contributed by atoms with E-state index in [1.54, 1.807) is 24.1 Å². The number of ether oxygens (including phenoxy) is 1. The second-order valence-electron chi connectivity index (χ2n) is 4.08. The van der Waals surface area contributed by atoms with Gasteiger partial charge in [0.2, 0.25) is 0 Å². The van der Waals surface area contributed by atoms with Crippen molar-refractivity contribution in [1.29, 1.82) is 0 Å². The van der Waals surface area contributed by atoms with Crippen LogP contribution in [0.4, 0.5) is 0 Å². The van der Waals surface area contributed by atoms with Crippen LogP contribution in [0.3, 0.4) is 0 Å². The highest BCUT2D eigenvalue weighted by molar-refractivity contribution is 6.29. The first kappa shape index (κ1) is 13.0. The van der Waals surface area contributed by atoms with Gasteiger partial charge in [-0.15, -0.1) is 0 Å². The summed E-state index contributed by atoms with van der Waals surface area (Å²) in [6.45, 7) is 3.86. The van der Waals surface area contributed by atoms with Crippen LogP contribution in [-0.4, -0.2) is 26.9 Å². The quantitative estimate of drug-likeness (QED) is 0.801. The van der Waals surface area contributed by atoms with Gasteiger partial charge >= 0.3 is 0 Å². The molecule has 0 unspecified atom stereocenters. The SMILES string of the molecule is CO[C@H](C)c1nc(Cl)cc(-c2cnn(C)c2C)n1. The van der Waals surface area contributed by atoms with E-state index >= 15 is 0 Å². The zero-order valence-corrected chi connectivity index (χ0v) is 11.6. The zero-order valence-electron chi connectivity index (χ0n) is 10.8. The molecule has 5 nitrogen and oxygen atoms in total. The van der Waals surface area contributed by atoms with Crippen molar-refractivity contribution < 1.29 is 4.74 Å². The molecular formula is C12H15ClN4O. The van der Waals surface area contributed by atoms with E-state index in [2.05, 4.69) is 15.1 Å². The van der Waals surface area contributed by atoms with Gasteiger partial charge < -0.3 is 4.74 Å². The molecule has 0 saturated heterocycles. The van der Waals surface area contributed by atoms with Gasteiger partial charge in [0.1, 0.15) is 11.3 Å². The van der Waals surface area contributed by atoms with Gasteiger partial charge in [-0.25, -0.2) is 9.97 Å². The van der Waals surface area contributed by atoms with Crippen molar-refractivity contribution in [3.05, 3.63) is 28.9 Å². The standard InChI is InChI=1S/C12H15ClN4O/c1-7-9(6-14-17(7)3)10-5-11(13)16-12(15-10)8(2)18-4/h5-6,8H,1-4H3/t8-/m1/s1. The van der Waals surface area contributed by atoms with Crippen molar-refractivity contribution in [1.82, 2.24) is 19.7 Å². The summed E-state index contributed by atoms with van der Waals surface area (Å²) in [5.74, 6) is 0.572. The molecule has 2 aromatic rings. The Balaban J connectivity index is 2.51. The number of aromatic nitrogens is 4. The fourth-order valence-electron chi connectivity index (χ4n) is 1.61. The number of nitrogens with zero attached hydrogens (tertiary/aromatic N) is 4. The largest absolute Gasteiger partial charge is 0.374 e. The van der Waals surface area contributed by atoms with Gasteiger partial charge in [-0.05, 0) is 13.8 Å². The lowest BCUT2D eigenvalue weighted by molar-refractivity contribution is 0.112. The summed E-state index contributed by atoms with van der Waals surface area (Å²) < 4.78 is 7.01. The van der Waals surface area contributed by atoms with Crippen molar-refractivity contribution >= 4 is 11.6 Å². The summed E-state index contributed by atoms with van der Waals surface area (Å²) in [6.07, 6.45) is 1.58. The summed E-state index contributed by atoms with van der Waals surface area (Å²) >= 11 is 6.03. The van der Waals surface area contributed by atoms with Gasteiger partial charge in [-0.1, -0.05) is 11.6 Å². The highest BCUT2D eigenvalue weighted by atomic mass is 35.5. The normalized spacial score (nSPS) is 12.7. The molecule has 0 amide bonds. The van der Waals surface area contributed by atoms with E-state index in [1.165, 1.54) is 0 Å². The molecule has 6 heteroatoms. The Morgan fingerprint density at radius 3 is 2.67 bits per heavy atom. The summed E-state index contributed by atoms with van der Waals surface area (Å²) in [5, 5.41) is 4.60. The Hall–Kier alpha value is -1.46. The maximum absolute atomic E-state index is 6.03. The number of methoxy groups -OCH3 is 1. The first-order chi connectivity index (χ1) is 8.52. The van der Waals surface area contributed by atoms with E-state index in [4.69, 9.17) is 16.3 Å². The highest BCUT2D eigenvalue weighted by Gasteiger charge is 2.14. The van der Waals surface area contributed by atoms with Crippen LogP contribution in [0, 0.1) is 6.92 Å². The fourth-order valence-corrected chi connectivity index (χ4v) is 1.80. The lowest BCUT2D eigenvalue weighted by Crippen LogP contribution is -2.04. The van der Waals surface area contributed by atoms with Crippen LogP contribution in [0.25, 0.3) is 11.3 Å². The van der Waals surface area contributed by atoms with Crippen LogP contribution in [0.5, 0.6) is 0 Å². The highest BCUT2D eigenvalue weighted by Crippen LogP contribution is 2.24. The summed E-state index contributed by atoms with van der Waals surface area (Å²) in [4.78, 5) is 8.64. The minimum Gasteiger partial charge on any atom is -0.374 e. The van der Waals surface area contributed by atoms with E-state index in [0.29, 0.717) is 11.0 Å². The molecule has 0 aliphatic carbocycles. The molecular weight excluding hydrogens is 252 g/mol. The van der Waals surface area contributed by atoms with Crippen LogP contribution in [0.2, 0.25) is 5.15 Å². The second kappa shape index (κ2) is 5.04. The molecule has 0 N–H and O–H groups in total. The average molecular weight is 267 g/mol. The molecule has 96 valence electrons. The minimum absolute atomic E-state index is 0.195. The molecule has 18 heavy (non-hydrogen) atoms. The summed E-state index contributed by atoms with van der Waals surface area (Å²) in [6, 6.07) is 1.73. The molecule has 1 atom stereocenters. The van der Waals surface area contributed by atoms with Crippen molar-refractivity contribution in [2.75, 3.05) is 7.11 Å². The monoisotopic (exact) mass is 266 g/mol. The molecule has 0 aliphatic heterocycles. The third kappa shape index (κ3) is 2.37. The average Bonchev–Trinajstić information content (AvgIpc) is 2.68. The van der Waals surface area contributed by atoms with Crippen LogP contribution < -0.4 is 0 Å². The van der Waals surface area contributed by atoms with Crippen LogP contribution >= 0.6 is 11.6 Å². The topological polar surface area (TPSA) is 52.8 Å². The van der Waals surface area contributed by atoms with E-state index < -0.39 is 0 Å². The molecule has 0 spiro atoms. The lowest BCUT2D eigenvalue weighted by atomic mass is 10.2.